The third kappa shape index (κ3) is 3.22. The third-order valence-corrected chi connectivity index (χ3v) is 2.59. The molecule has 0 saturated heterocycles. The van der Waals surface area contributed by atoms with Crippen molar-refractivity contribution in [1.29, 1.82) is 0 Å². The number of carbonyl (C=O) groups excluding carboxylic acids is 1. The lowest BCUT2D eigenvalue weighted by Crippen LogP contribution is -2.13. The van der Waals surface area contributed by atoms with Gasteiger partial charge in [-0.25, -0.2) is 0 Å². The molecule has 1 heterocycles. The molecule has 0 aliphatic rings. The van der Waals surface area contributed by atoms with Crippen molar-refractivity contribution in [3.63, 3.8) is 0 Å². The number of pyridine rings is 1. The lowest BCUT2D eigenvalue weighted by molar-refractivity contribution is 0.0996. The van der Waals surface area contributed by atoms with Crippen molar-refractivity contribution < 1.29 is 9.53 Å². The maximum atomic E-state index is 11.3. The molecule has 98 valence electrons. The average Bonchev–Trinajstić information content (AvgIpc) is 2.36. The second-order valence-electron chi connectivity index (χ2n) is 4.18. The Bertz CT molecular complexity index is 611. The standard InChI is InChI=1S/C14H15N3O2/c1-9-3-2-4-11(17-9)8-19-13-7-10(15)5-6-12(13)14(16)18/h2-7H,8,15H2,1H3,(H2,16,18). The van der Waals surface area contributed by atoms with E-state index < -0.39 is 5.91 Å². The van der Waals surface area contributed by atoms with E-state index in [0.717, 1.165) is 11.4 Å². The number of carbonyl (C=O) groups is 1. The molecule has 0 aliphatic carbocycles. The smallest absolute Gasteiger partial charge is 0.252 e. The highest BCUT2D eigenvalue weighted by Gasteiger charge is 2.10. The molecule has 5 nitrogen and oxygen atoms in total. The monoisotopic (exact) mass is 257 g/mol. The van der Waals surface area contributed by atoms with Gasteiger partial charge in [0.15, 0.2) is 0 Å². The summed E-state index contributed by atoms with van der Waals surface area (Å²) < 4.78 is 5.58. The number of hydrogen-bond acceptors (Lipinski definition) is 4. The Kier molecular flexibility index (Phi) is 3.66. The summed E-state index contributed by atoms with van der Waals surface area (Å²) in [5, 5.41) is 0. The van der Waals surface area contributed by atoms with E-state index in [1.165, 1.54) is 0 Å². The van der Waals surface area contributed by atoms with Gasteiger partial charge in [0.05, 0.1) is 11.3 Å². The first kappa shape index (κ1) is 12.9. The number of aromatic nitrogens is 1. The molecule has 4 N–H and O–H groups in total. The van der Waals surface area contributed by atoms with E-state index in [1.807, 2.05) is 25.1 Å². The quantitative estimate of drug-likeness (QED) is 0.815. The van der Waals surface area contributed by atoms with Crippen LogP contribution in [0.1, 0.15) is 21.7 Å². The number of primary amides is 1. The number of rotatable bonds is 4. The van der Waals surface area contributed by atoms with Crippen molar-refractivity contribution in [1.82, 2.24) is 4.98 Å². The van der Waals surface area contributed by atoms with Gasteiger partial charge in [0.2, 0.25) is 0 Å². The average molecular weight is 257 g/mol. The predicted molar refractivity (Wildman–Crippen MR) is 72.7 cm³/mol. The van der Waals surface area contributed by atoms with Crippen LogP contribution in [0.4, 0.5) is 5.69 Å². The predicted octanol–water partition coefficient (Wildman–Crippen LogP) is 1.65. The van der Waals surface area contributed by atoms with Crippen molar-refractivity contribution in [2.75, 3.05) is 5.73 Å². The topological polar surface area (TPSA) is 91.2 Å². The van der Waals surface area contributed by atoms with Gasteiger partial charge >= 0.3 is 0 Å². The second kappa shape index (κ2) is 5.39. The van der Waals surface area contributed by atoms with E-state index in [1.54, 1.807) is 18.2 Å². The molecule has 2 aromatic rings. The zero-order chi connectivity index (χ0) is 13.8. The number of nitrogens with two attached hydrogens (primary N) is 2. The van der Waals surface area contributed by atoms with Crippen LogP contribution in [-0.4, -0.2) is 10.9 Å². The summed E-state index contributed by atoms with van der Waals surface area (Å²) in [7, 11) is 0. The van der Waals surface area contributed by atoms with Crippen molar-refractivity contribution >= 4 is 11.6 Å². The van der Waals surface area contributed by atoms with Gasteiger partial charge in [-0.1, -0.05) is 6.07 Å². The molecule has 0 radical (unpaired) electrons. The fourth-order valence-corrected chi connectivity index (χ4v) is 1.69. The number of ether oxygens (including phenoxy) is 1. The zero-order valence-electron chi connectivity index (χ0n) is 10.6. The first-order valence-corrected chi connectivity index (χ1v) is 5.81. The molecule has 1 amide bonds. The van der Waals surface area contributed by atoms with Gasteiger partial charge in [-0.3, -0.25) is 9.78 Å². The summed E-state index contributed by atoms with van der Waals surface area (Å²) in [6.07, 6.45) is 0. The molecular formula is C14H15N3O2. The highest BCUT2D eigenvalue weighted by Crippen LogP contribution is 2.22. The Morgan fingerprint density at radius 1 is 1.32 bits per heavy atom. The van der Waals surface area contributed by atoms with Gasteiger partial charge in [0.25, 0.3) is 5.91 Å². The maximum Gasteiger partial charge on any atom is 0.252 e. The van der Waals surface area contributed by atoms with Gasteiger partial charge in [0.1, 0.15) is 12.4 Å². The van der Waals surface area contributed by atoms with Crippen molar-refractivity contribution in [3.05, 3.63) is 53.3 Å². The number of nitrogen functional groups attached to an aromatic ring is 1. The Labute approximate surface area is 111 Å². The van der Waals surface area contributed by atoms with Crippen molar-refractivity contribution in [2.45, 2.75) is 13.5 Å². The number of anilines is 1. The van der Waals surface area contributed by atoms with Gasteiger partial charge < -0.3 is 16.2 Å². The Balaban J connectivity index is 2.19. The van der Waals surface area contributed by atoms with E-state index in [9.17, 15) is 4.79 Å². The summed E-state index contributed by atoms with van der Waals surface area (Å²) >= 11 is 0. The highest BCUT2D eigenvalue weighted by molar-refractivity contribution is 5.96. The van der Waals surface area contributed by atoms with Crippen LogP contribution in [0.5, 0.6) is 5.75 Å². The van der Waals surface area contributed by atoms with E-state index in [0.29, 0.717) is 17.0 Å². The van der Waals surface area contributed by atoms with Crippen LogP contribution in [0.15, 0.2) is 36.4 Å². The number of nitrogens with zero attached hydrogens (tertiary/aromatic N) is 1. The molecule has 19 heavy (non-hydrogen) atoms. The molecule has 0 fully saturated rings. The summed E-state index contributed by atoms with van der Waals surface area (Å²) in [6, 6.07) is 10.4. The van der Waals surface area contributed by atoms with Crippen LogP contribution in [0, 0.1) is 6.92 Å². The molecule has 0 saturated carbocycles. The third-order valence-electron chi connectivity index (χ3n) is 2.59. The van der Waals surface area contributed by atoms with Crippen molar-refractivity contribution in [2.24, 2.45) is 5.73 Å². The molecule has 0 unspecified atom stereocenters. The Morgan fingerprint density at radius 3 is 2.79 bits per heavy atom. The minimum Gasteiger partial charge on any atom is -0.486 e. The molecular weight excluding hydrogens is 242 g/mol. The second-order valence-corrected chi connectivity index (χ2v) is 4.18. The summed E-state index contributed by atoms with van der Waals surface area (Å²) in [5.74, 6) is -0.178. The number of benzene rings is 1. The summed E-state index contributed by atoms with van der Waals surface area (Å²) in [5.41, 5.74) is 13.5. The first-order chi connectivity index (χ1) is 9.06. The lowest BCUT2D eigenvalue weighted by atomic mass is 10.1. The summed E-state index contributed by atoms with van der Waals surface area (Å²) in [4.78, 5) is 15.6. The van der Waals surface area contributed by atoms with Gasteiger partial charge in [-0.15, -0.1) is 0 Å². The fraction of sp³-hybridized carbons (Fsp3) is 0.143. The minimum absolute atomic E-state index is 0.255. The largest absolute Gasteiger partial charge is 0.486 e. The van der Waals surface area contributed by atoms with Crippen LogP contribution in [0.3, 0.4) is 0 Å². The van der Waals surface area contributed by atoms with Crippen LogP contribution < -0.4 is 16.2 Å². The van der Waals surface area contributed by atoms with Gasteiger partial charge in [-0.05, 0) is 31.2 Å². The van der Waals surface area contributed by atoms with Gasteiger partial charge in [0, 0.05) is 17.4 Å². The maximum absolute atomic E-state index is 11.3. The highest BCUT2D eigenvalue weighted by atomic mass is 16.5. The first-order valence-electron chi connectivity index (χ1n) is 5.81. The van der Waals surface area contributed by atoms with Crippen LogP contribution in [-0.2, 0) is 6.61 Å². The van der Waals surface area contributed by atoms with E-state index in [2.05, 4.69) is 4.98 Å². The fourth-order valence-electron chi connectivity index (χ4n) is 1.69. The molecule has 2 rings (SSSR count). The Morgan fingerprint density at radius 2 is 2.11 bits per heavy atom. The molecule has 0 atom stereocenters. The van der Waals surface area contributed by atoms with Crippen molar-refractivity contribution in [3.8, 4) is 5.75 Å². The van der Waals surface area contributed by atoms with E-state index >= 15 is 0 Å². The van der Waals surface area contributed by atoms with Crippen LogP contribution >= 0.6 is 0 Å². The van der Waals surface area contributed by atoms with Gasteiger partial charge in [-0.2, -0.15) is 0 Å². The Hall–Kier alpha value is -2.56. The van der Waals surface area contributed by atoms with E-state index in [4.69, 9.17) is 16.2 Å². The molecule has 0 spiro atoms. The normalized spacial score (nSPS) is 10.2. The SMILES string of the molecule is Cc1cccc(COc2cc(N)ccc2C(N)=O)n1. The zero-order valence-corrected chi connectivity index (χ0v) is 10.6. The number of hydrogen-bond donors (Lipinski definition) is 2. The minimum atomic E-state index is -0.549. The molecule has 5 heteroatoms. The molecule has 0 aliphatic heterocycles. The number of amides is 1. The number of aryl methyl sites for hydroxylation is 1. The molecule has 1 aromatic heterocycles. The van der Waals surface area contributed by atoms with E-state index in [-0.39, 0.29) is 6.61 Å². The molecule has 1 aromatic carbocycles. The summed E-state index contributed by atoms with van der Waals surface area (Å²) in [6.45, 7) is 2.16. The van der Waals surface area contributed by atoms with Crippen LogP contribution in [0.2, 0.25) is 0 Å². The lowest BCUT2D eigenvalue weighted by Gasteiger charge is -2.10. The van der Waals surface area contributed by atoms with Crippen LogP contribution in [0.25, 0.3) is 0 Å². The molecule has 0 bridgehead atoms.